The molecule has 2 fully saturated rings. The van der Waals surface area contributed by atoms with Gasteiger partial charge in [0.05, 0.1) is 26.4 Å². The molecule has 0 aromatic rings. The summed E-state index contributed by atoms with van der Waals surface area (Å²) in [6, 6.07) is 0. The lowest BCUT2D eigenvalue weighted by atomic mass is 9.98. The molecular weight excluding hydrogens is 837 g/mol. The second-order valence-electron chi connectivity index (χ2n) is 18.7. The number of hydrogen-bond donors (Lipinski definition) is 7. The van der Waals surface area contributed by atoms with E-state index in [2.05, 4.69) is 26.0 Å². The maximum atomic E-state index is 13.0. The Bertz CT molecular complexity index is 1130. The fourth-order valence-corrected chi connectivity index (χ4v) is 8.46. The highest BCUT2D eigenvalue weighted by Crippen LogP contribution is 2.26. The van der Waals surface area contributed by atoms with Gasteiger partial charge >= 0.3 is 5.97 Å². The molecule has 384 valence electrons. The first kappa shape index (κ1) is 59.9. The highest BCUT2D eigenvalue weighted by Gasteiger charge is 2.47. The van der Waals surface area contributed by atoms with Crippen molar-refractivity contribution < 1.29 is 69.0 Å². The van der Waals surface area contributed by atoms with Crippen molar-refractivity contribution in [3.8, 4) is 0 Å². The van der Waals surface area contributed by atoms with Crippen LogP contribution >= 0.6 is 0 Å². The highest BCUT2D eigenvalue weighted by atomic mass is 16.7. The van der Waals surface area contributed by atoms with Gasteiger partial charge < -0.3 is 64.2 Å². The summed E-state index contributed by atoms with van der Waals surface area (Å²) in [7, 11) is 0. The van der Waals surface area contributed by atoms with Crippen molar-refractivity contribution in [2.45, 2.75) is 274 Å². The molecule has 2 heterocycles. The molecule has 11 unspecified atom stereocenters. The Morgan fingerprint density at radius 3 is 1.46 bits per heavy atom. The van der Waals surface area contributed by atoms with E-state index in [0.29, 0.717) is 13.0 Å². The first-order chi connectivity index (χ1) is 31.6. The fourth-order valence-electron chi connectivity index (χ4n) is 8.46. The molecule has 0 saturated carbocycles. The van der Waals surface area contributed by atoms with Crippen molar-refractivity contribution in [1.82, 2.24) is 0 Å². The Balaban J connectivity index is 1.72. The van der Waals surface area contributed by atoms with Crippen LogP contribution in [0.2, 0.25) is 0 Å². The van der Waals surface area contributed by atoms with Gasteiger partial charge in [0.25, 0.3) is 0 Å². The summed E-state index contributed by atoms with van der Waals surface area (Å²) in [6.45, 7) is 3.65. The monoisotopic (exact) mass is 933 g/mol. The summed E-state index contributed by atoms with van der Waals surface area (Å²) in [4.78, 5) is 13.0. The Morgan fingerprint density at radius 2 is 0.938 bits per heavy atom. The van der Waals surface area contributed by atoms with Crippen LogP contribution in [0.1, 0.15) is 206 Å². The maximum Gasteiger partial charge on any atom is 0.306 e. The standard InChI is InChI=1S/C51H96O14/c1-3-5-7-9-11-13-15-16-17-18-19-20-21-22-23-24-26-28-30-32-34-43(53)63-40(37-60-35-33-31-29-27-25-14-12-10-8-6-4-2)38-61-50-49(59)47(57)45(55)42(65-50)39-62-51-48(58)46(56)44(54)41(36-52)64-51/h8,10,40-42,44-52,54-59H,3-7,9,11-39H2,1-2H3/b10-8-. The van der Waals surface area contributed by atoms with Crippen LogP contribution in [0.15, 0.2) is 12.2 Å². The zero-order chi connectivity index (χ0) is 47.3. The Labute approximate surface area is 393 Å². The van der Waals surface area contributed by atoms with Crippen molar-refractivity contribution in [1.29, 1.82) is 0 Å². The number of carbonyl (C=O) groups is 1. The van der Waals surface area contributed by atoms with Gasteiger partial charge in [-0.3, -0.25) is 4.79 Å². The summed E-state index contributed by atoms with van der Waals surface area (Å²) in [5.74, 6) is -0.375. The summed E-state index contributed by atoms with van der Waals surface area (Å²) >= 11 is 0. The van der Waals surface area contributed by atoms with Crippen molar-refractivity contribution >= 4 is 5.97 Å². The van der Waals surface area contributed by atoms with E-state index >= 15 is 0 Å². The number of allylic oxidation sites excluding steroid dienone is 2. The van der Waals surface area contributed by atoms with Gasteiger partial charge in [0.2, 0.25) is 0 Å². The van der Waals surface area contributed by atoms with Gasteiger partial charge in [-0.2, -0.15) is 0 Å². The van der Waals surface area contributed by atoms with E-state index in [4.69, 9.17) is 28.4 Å². The molecule has 0 aromatic heterocycles. The van der Waals surface area contributed by atoms with Crippen LogP contribution in [0, 0.1) is 0 Å². The largest absolute Gasteiger partial charge is 0.457 e. The normalized spacial score (nSPS) is 26.5. The number of unbranched alkanes of at least 4 members (excludes halogenated alkanes) is 26. The predicted octanol–water partition coefficient (Wildman–Crippen LogP) is 7.85. The SMILES string of the molecule is CCC/C=C\CCCCCCCCOCC(COC1OC(COC2OC(CO)C(O)C(O)C2O)C(O)C(O)C1O)OC(=O)CCCCCCCCCCCCCCCCCCCCCC. The molecule has 0 aromatic carbocycles. The summed E-state index contributed by atoms with van der Waals surface area (Å²) in [6.07, 6.45) is 24.2. The topological polar surface area (TPSA) is 214 Å². The van der Waals surface area contributed by atoms with E-state index < -0.39 is 80.7 Å². The van der Waals surface area contributed by atoms with Crippen LogP contribution in [0.5, 0.6) is 0 Å². The molecule has 14 heteroatoms. The van der Waals surface area contributed by atoms with Crippen molar-refractivity contribution in [3.63, 3.8) is 0 Å². The molecule has 14 nitrogen and oxygen atoms in total. The lowest BCUT2D eigenvalue weighted by Gasteiger charge is -2.42. The Hall–Kier alpha value is -1.27. The van der Waals surface area contributed by atoms with E-state index in [9.17, 15) is 40.5 Å². The fraction of sp³-hybridized carbons (Fsp3) is 0.941. The summed E-state index contributed by atoms with van der Waals surface area (Å²) < 4.78 is 34.2. The van der Waals surface area contributed by atoms with Crippen LogP contribution < -0.4 is 0 Å². The lowest BCUT2D eigenvalue weighted by molar-refractivity contribution is -0.332. The van der Waals surface area contributed by atoms with Gasteiger partial charge in [0.1, 0.15) is 54.9 Å². The van der Waals surface area contributed by atoms with Gasteiger partial charge in [0.15, 0.2) is 12.6 Å². The van der Waals surface area contributed by atoms with Crippen LogP contribution in [-0.2, 0) is 33.2 Å². The molecule has 11 atom stereocenters. The Morgan fingerprint density at radius 1 is 0.492 bits per heavy atom. The van der Waals surface area contributed by atoms with Crippen molar-refractivity contribution in [2.75, 3.05) is 33.0 Å². The summed E-state index contributed by atoms with van der Waals surface area (Å²) in [5, 5.41) is 72.1. The molecule has 0 radical (unpaired) electrons. The number of aliphatic hydroxyl groups is 7. The maximum absolute atomic E-state index is 13.0. The number of esters is 1. The molecule has 2 rings (SSSR count). The zero-order valence-corrected chi connectivity index (χ0v) is 40.7. The third kappa shape index (κ3) is 27.5. The molecule has 2 aliphatic rings. The molecule has 0 aliphatic carbocycles. The minimum absolute atomic E-state index is 0.0622. The molecule has 2 aliphatic heterocycles. The predicted molar refractivity (Wildman–Crippen MR) is 252 cm³/mol. The van der Waals surface area contributed by atoms with Crippen LogP contribution in [0.3, 0.4) is 0 Å². The van der Waals surface area contributed by atoms with E-state index in [-0.39, 0.29) is 25.6 Å². The Kier molecular flexibility index (Phi) is 36.4. The number of aliphatic hydroxyl groups excluding tert-OH is 7. The molecule has 65 heavy (non-hydrogen) atoms. The molecule has 2 saturated heterocycles. The van der Waals surface area contributed by atoms with Crippen LogP contribution in [0.4, 0.5) is 0 Å². The first-order valence-electron chi connectivity index (χ1n) is 26.3. The van der Waals surface area contributed by atoms with Crippen molar-refractivity contribution in [2.24, 2.45) is 0 Å². The number of rotatable bonds is 42. The van der Waals surface area contributed by atoms with E-state index in [1.807, 2.05) is 0 Å². The third-order valence-corrected chi connectivity index (χ3v) is 12.8. The van der Waals surface area contributed by atoms with Gasteiger partial charge in [-0.15, -0.1) is 0 Å². The second-order valence-corrected chi connectivity index (χ2v) is 18.7. The molecule has 0 spiro atoms. The second kappa shape index (κ2) is 39.6. The number of carbonyl (C=O) groups excluding carboxylic acids is 1. The van der Waals surface area contributed by atoms with Gasteiger partial charge in [-0.1, -0.05) is 180 Å². The lowest BCUT2D eigenvalue weighted by Crippen LogP contribution is -2.61. The minimum Gasteiger partial charge on any atom is -0.457 e. The third-order valence-electron chi connectivity index (χ3n) is 12.8. The van der Waals surface area contributed by atoms with E-state index in [1.54, 1.807) is 0 Å². The molecular formula is C51H96O14. The average Bonchev–Trinajstić information content (AvgIpc) is 3.30. The van der Waals surface area contributed by atoms with E-state index in [0.717, 1.165) is 51.4 Å². The molecule has 0 amide bonds. The average molecular weight is 933 g/mol. The highest BCUT2D eigenvalue weighted by molar-refractivity contribution is 5.69. The number of hydrogen-bond acceptors (Lipinski definition) is 14. The minimum atomic E-state index is -1.70. The van der Waals surface area contributed by atoms with Gasteiger partial charge in [-0.25, -0.2) is 0 Å². The molecule has 0 bridgehead atoms. The summed E-state index contributed by atoms with van der Waals surface area (Å²) in [5.41, 5.74) is 0. The smallest absolute Gasteiger partial charge is 0.306 e. The van der Waals surface area contributed by atoms with Gasteiger partial charge in [-0.05, 0) is 32.1 Å². The van der Waals surface area contributed by atoms with E-state index in [1.165, 1.54) is 128 Å². The quantitative estimate of drug-likeness (QED) is 0.0176. The van der Waals surface area contributed by atoms with Crippen molar-refractivity contribution in [3.05, 3.63) is 12.2 Å². The van der Waals surface area contributed by atoms with Gasteiger partial charge in [0, 0.05) is 13.0 Å². The van der Waals surface area contributed by atoms with Crippen LogP contribution in [-0.4, -0.2) is 142 Å². The first-order valence-corrected chi connectivity index (χ1v) is 26.3. The van der Waals surface area contributed by atoms with Crippen LogP contribution in [0.25, 0.3) is 0 Å². The zero-order valence-electron chi connectivity index (χ0n) is 40.7. The molecule has 7 N–H and O–H groups in total. The number of ether oxygens (including phenoxy) is 6.